The highest BCUT2D eigenvalue weighted by Crippen LogP contribution is 2.30. The quantitative estimate of drug-likeness (QED) is 0.668. The molecule has 0 atom stereocenters. The number of rotatable bonds is 2. The molecular formula is C14H16N4O3. The van der Waals surface area contributed by atoms with E-state index in [1.807, 2.05) is 6.92 Å². The third kappa shape index (κ3) is 3.48. The van der Waals surface area contributed by atoms with Crippen molar-refractivity contribution in [1.82, 2.24) is 4.90 Å². The first-order valence-electron chi connectivity index (χ1n) is 6.65. The van der Waals surface area contributed by atoms with Gasteiger partial charge in [-0.1, -0.05) is 0 Å². The van der Waals surface area contributed by atoms with E-state index >= 15 is 0 Å². The molecule has 21 heavy (non-hydrogen) atoms. The number of nitro benzene ring substituents is 1. The average Bonchev–Trinajstić information content (AvgIpc) is 2.48. The second-order valence-electron chi connectivity index (χ2n) is 5.39. The van der Waals surface area contributed by atoms with E-state index in [0.29, 0.717) is 31.6 Å². The fourth-order valence-electron chi connectivity index (χ4n) is 2.18. The number of benzene rings is 1. The molecule has 0 aliphatic carbocycles. The zero-order chi connectivity index (χ0) is 15.5. The summed E-state index contributed by atoms with van der Waals surface area (Å²) < 4.78 is 0. The maximum Gasteiger partial charge on any atom is 0.321 e. The molecule has 0 radical (unpaired) electrons. The van der Waals surface area contributed by atoms with Crippen LogP contribution in [0.2, 0.25) is 0 Å². The molecule has 0 bridgehead atoms. The van der Waals surface area contributed by atoms with Crippen LogP contribution < -0.4 is 5.32 Å². The molecule has 1 aliphatic heterocycles. The van der Waals surface area contributed by atoms with Crippen LogP contribution in [0.25, 0.3) is 0 Å². The average molecular weight is 288 g/mol. The van der Waals surface area contributed by atoms with E-state index in [2.05, 4.69) is 11.4 Å². The predicted octanol–water partition coefficient (Wildman–Crippen LogP) is 2.75. The van der Waals surface area contributed by atoms with Crippen molar-refractivity contribution in [2.45, 2.75) is 19.8 Å². The Morgan fingerprint density at radius 2 is 1.95 bits per heavy atom. The number of non-ortho nitro benzene ring substituents is 1. The Hall–Kier alpha value is -2.62. The molecule has 1 aromatic carbocycles. The molecule has 1 fully saturated rings. The minimum atomic E-state index is -0.487. The standard InChI is InChI=1S/C14H16N4O3/c1-14(10-15)6-8-17(9-7-14)13(19)16-11-2-4-12(5-3-11)18(20)21/h2-5H,6-9H2,1H3,(H,16,19). The van der Waals surface area contributed by atoms with Crippen molar-refractivity contribution in [3.05, 3.63) is 34.4 Å². The number of nitrogens with one attached hydrogen (secondary N) is 1. The van der Waals surface area contributed by atoms with Crippen LogP contribution in [-0.2, 0) is 0 Å². The number of amides is 2. The van der Waals surface area contributed by atoms with Gasteiger partial charge in [0.1, 0.15) is 0 Å². The fraction of sp³-hybridized carbons (Fsp3) is 0.429. The van der Waals surface area contributed by atoms with Gasteiger partial charge in [0.25, 0.3) is 5.69 Å². The molecule has 0 unspecified atom stereocenters. The highest BCUT2D eigenvalue weighted by molar-refractivity contribution is 5.89. The van der Waals surface area contributed by atoms with Crippen molar-refractivity contribution < 1.29 is 9.72 Å². The van der Waals surface area contributed by atoms with Gasteiger partial charge in [0.15, 0.2) is 0 Å². The summed E-state index contributed by atoms with van der Waals surface area (Å²) in [6, 6.07) is 7.73. The lowest BCUT2D eigenvalue weighted by molar-refractivity contribution is -0.384. The third-order valence-electron chi connectivity index (χ3n) is 3.75. The van der Waals surface area contributed by atoms with Crippen molar-refractivity contribution in [2.75, 3.05) is 18.4 Å². The van der Waals surface area contributed by atoms with Crippen LogP contribution in [-0.4, -0.2) is 28.9 Å². The topological polar surface area (TPSA) is 99.3 Å². The number of urea groups is 1. The van der Waals surface area contributed by atoms with Gasteiger partial charge in [-0.3, -0.25) is 10.1 Å². The van der Waals surface area contributed by atoms with Gasteiger partial charge in [0.2, 0.25) is 0 Å². The molecule has 0 aromatic heterocycles. The van der Waals surface area contributed by atoms with Crippen LogP contribution in [0.4, 0.5) is 16.2 Å². The lowest BCUT2D eigenvalue weighted by Crippen LogP contribution is -2.43. The van der Waals surface area contributed by atoms with Gasteiger partial charge in [-0.15, -0.1) is 0 Å². The summed E-state index contributed by atoms with van der Waals surface area (Å²) in [5, 5.41) is 22.3. The summed E-state index contributed by atoms with van der Waals surface area (Å²) in [6.07, 6.45) is 1.30. The van der Waals surface area contributed by atoms with E-state index in [4.69, 9.17) is 5.26 Å². The number of nitriles is 1. The SMILES string of the molecule is CC1(C#N)CCN(C(=O)Nc2ccc([N+](=O)[O-])cc2)CC1. The molecule has 7 nitrogen and oxygen atoms in total. The Morgan fingerprint density at radius 1 is 1.38 bits per heavy atom. The molecule has 0 saturated carbocycles. The Balaban J connectivity index is 1.93. The molecule has 1 N–H and O–H groups in total. The summed E-state index contributed by atoms with van der Waals surface area (Å²) in [4.78, 5) is 23.8. The number of carbonyl (C=O) groups excluding carboxylic acids is 1. The molecule has 7 heteroatoms. The maximum atomic E-state index is 12.1. The van der Waals surface area contributed by atoms with Crippen LogP contribution in [0.5, 0.6) is 0 Å². The summed E-state index contributed by atoms with van der Waals surface area (Å²) in [6.45, 7) is 2.96. The lowest BCUT2D eigenvalue weighted by Gasteiger charge is -2.34. The van der Waals surface area contributed by atoms with Gasteiger partial charge in [-0.2, -0.15) is 5.26 Å². The molecule has 0 spiro atoms. The van der Waals surface area contributed by atoms with Crippen molar-refractivity contribution in [2.24, 2.45) is 5.41 Å². The highest BCUT2D eigenvalue weighted by Gasteiger charge is 2.31. The van der Waals surface area contributed by atoms with Gasteiger partial charge >= 0.3 is 6.03 Å². The number of anilines is 1. The van der Waals surface area contributed by atoms with Gasteiger partial charge in [0, 0.05) is 30.9 Å². The van der Waals surface area contributed by atoms with Crippen LogP contribution in [0.3, 0.4) is 0 Å². The second-order valence-corrected chi connectivity index (χ2v) is 5.39. The number of piperidine rings is 1. The summed E-state index contributed by atoms with van der Waals surface area (Å²) in [5.74, 6) is 0. The molecule has 1 aromatic rings. The first-order chi connectivity index (χ1) is 9.93. The van der Waals surface area contributed by atoms with Gasteiger partial charge in [-0.25, -0.2) is 4.79 Å². The fourth-order valence-corrected chi connectivity index (χ4v) is 2.18. The monoisotopic (exact) mass is 288 g/mol. The van der Waals surface area contributed by atoms with Crippen molar-refractivity contribution >= 4 is 17.4 Å². The van der Waals surface area contributed by atoms with Crippen LogP contribution >= 0.6 is 0 Å². The minimum absolute atomic E-state index is 0.0178. The highest BCUT2D eigenvalue weighted by atomic mass is 16.6. The van der Waals surface area contributed by atoms with Gasteiger partial charge in [-0.05, 0) is 31.9 Å². The Bertz CT molecular complexity index is 583. The van der Waals surface area contributed by atoms with Crippen LogP contribution in [0, 0.1) is 26.9 Å². The summed E-state index contributed by atoms with van der Waals surface area (Å²) in [5.41, 5.74) is 0.138. The van der Waals surface area contributed by atoms with E-state index in [9.17, 15) is 14.9 Å². The molecule has 2 amide bonds. The molecule has 2 rings (SSSR count). The largest absolute Gasteiger partial charge is 0.324 e. The van der Waals surface area contributed by atoms with Gasteiger partial charge < -0.3 is 10.2 Å². The van der Waals surface area contributed by atoms with Gasteiger partial charge in [0.05, 0.1) is 16.4 Å². The zero-order valence-electron chi connectivity index (χ0n) is 11.7. The van der Waals surface area contributed by atoms with E-state index < -0.39 is 4.92 Å². The van der Waals surface area contributed by atoms with Crippen molar-refractivity contribution in [3.8, 4) is 6.07 Å². The normalized spacial score (nSPS) is 16.9. The first-order valence-corrected chi connectivity index (χ1v) is 6.65. The lowest BCUT2D eigenvalue weighted by atomic mass is 9.82. The number of hydrogen-bond acceptors (Lipinski definition) is 4. The van der Waals surface area contributed by atoms with Crippen molar-refractivity contribution in [1.29, 1.82) is 5.26 Å². The summed E-state index contributed by atoms with van der Waals surface area (Å²) in [7, 11) is 0. The Morgan fingerprint density at radius 3 is 2.43 bits per heavy atom. The van der Waals surface area contributed by atoms with Crippen molar-refractivity contribution in [3.63, 3.8) is 0 Å². The number of likely N-dealkylation sites (tertiary alicyclic amines) is 1. The molecular weight excluding hydrogens is 272 g/mol. The first kappa shape index (κ1) is 14.8. The summed E-state index contributed by atoms with van der Waals surface area (Å²) >= 11 is 0. The van der Waals surface area contributed by atoms with E-state index in [1.54, 1.807) is 4.90 Å². The molecule has 1 saturated heterocycles. The van der Waals surface area contributed by atoms with E-state index in [1.165, 1.54) is 24.3 Å². The molecule has 1 heterocycles. The number of nitrogens with zero attached hydrogens (tertiary/aromatic N) is 3. The molecule has 1 aliphatic rings. The third-order valence-corrected chi connectivity index (χ3v) is 3.75. The number of nitro groups is 1. The van der Waals surface area contributed by atoms with E-state index in [0.717, 1.165) is 0 Å². The second kappa shape index (κ2) is 5.79. The Labute approximate surface area is 122 Å². The Kier molecular flexibility index (Phi) is 4.08. The number of hydrogen-bond donors (Lipinski definition) is 1. The maximum absolute atomic E-state index is 12.1. The number of carbonyl (C=O) groups is 1. The van der Waals surface area contributed by atoms with E-state index in [-0.39, 0.29) is 17.1 Å². The predicted molar refractivity (Wildman–Crippen MR) is 76.6 cm³/mol. The smallest absolute Gasteiger partial charge is 0.321 e. The van der Waals surface area contributed by atoms with Crippen LogP contribution in [0.15, 0.2) is 24.3 Å². The zero-order valence-corrected chi connectivity index (χ0v) is 11.7. The minimum Gasteiger partial charge on any atom is -0.324 e. The molecule has 110 valence electrons. The van der Waals surface area contributed by atoms with Crippen LogP contribution in [0.1, 0.15) is 19.8 Å².